The Labute approximate surface area is 238 Å². The fourth-order valence-electron chi connectivity index (χ4n) is 5.32. The number of aromatic nitrogens is 2. The van der Waals surface area contributed by atoms with Crippen molar-refractivity contribution in [2.24, 2.45) is 0 Å². The summed E-state index contributed by atoms with van der Waals surface area (Å²) in [6.45, 7) is 6.99. The van der Waals surface area contributed by atoms with E-state index in [1.54, 1.807) is 6.07 Å². The van der Waals surface area contributed by atoms with Crippen LogP contribution >= 0.6 is 0 Å². The molecule has 0 atom stereocenters. The van der Waals surface area contributed by atoms with Gasteiger partial charge in [0.25, 0.3) is 11.5 Å². The molecule has 208 valence electrons. The number of nitrogens with one attached hydrogen (secondary N) is 3. The minimum Gasteiger partial charge on any atom is -0.457 e. The van der Waals surface area contributed by atoms with E-state index in [-0.39, 0.29) is 17.2 Å². The molecule has 1 aliphatic heterocycles. The number of aromatic amines is 2. The van der Waals surface area contributed by atoms with Crippen LogP contribution in [0.25, 0.3) is 22.0 Å². The Balaban J connectivity index is 1.25. The predicted octanol–water partition coefficient (Wildman–Crippen LogP) is 5.62. The van der Waals surface area contributed by atoms with E-state index in [1.165, 1.54) is 5.56 Å². The quantitative estimate of drug-likeness (QED) is 0.246. The van der Waals surface area contributed by atoms with E-state index >= 15 is 0 Å². The van der Waals surface area contributed by atoms with Gasteiger partial charge in [0.05, 0.1) is 11.1 Å². The number of pyridine rings is 1. The number of fused-ring (bicyclic) bond motifs is 1. The predicted molar refractivity (Wildman–Crippen MR) is 163 cm³/mol. The van der Waals surface area contributed by atoms with Gasteiger partial charge >= 0.3 is 0 Å². The molecule has 8 nitrogen and oxygen atoms in total. The van der Waals surface area contributed by atoms with Crippen LogP contribution in [-0.2, 0) is 6.54 Å². The number of benzene rings is 3. The number of hydrogen-bond acceptors (Lipinski definition) is 5. The van der Waals surface area contributed by atoms with E-state index < -0.39 is 0 Å². The Morgan fingerprint density at radius 3 is 2.37 bits per heavy atom. The first kappa shape index (κ1) is 26.6. The molecular formula is C33H33N5O3. The number of ether oxygens (including phenoxy) is 1. The van der Waals surface area contributed by atoms with Gasteiger partial charge in [-0.05, 0) is 62.0 Å². The van der Waals surface area contributed by atoms with Crippen LogP contribution in [0.5, 0.6) is 11.5 Å². The number of amides is 1. The average Bonchev–Trinajstić information content (AvgIpc) is 3.32. The molecule has 0 saturated carbocycles. The van der Waals surface area contributed by atoms with Crippen molar-refractivity contribution in [3.63, 3.8) is 0 Å². The number of para-hydroxylation sites is 2. The molecule has 3 N–H and O–H groups in total. The lowest BCUT2D eigenvalue weighted by molar-refractivity contribution is 0.102. The van der Waals surface area contributed by atoms with E-state index in [0.29, 0.717) is 33.7 Å². The zero-order chi connectivity index (χ0) is 28.3. The SMILES string of the molecule is Cc1[nH]c(-c2ccccc2Oc2ccccc2)c2cc(C(=O)Nc3ccc(CN4CCN(C)CC4)cc3)[nH]c(=O)c12. The van der Waals surface area contributed by atoms with Crippen LogP contribution in [0.3, 0.4) is 0 Å². The van der Waals surface area contributed by atoms with Crippen molar-refractivity contribution in [3.05, 3.63) is 112 Å². The van der Waals surface area contributed by atoms with Gasteiger partial charge in [-0.25, -0.2) is 0 Å². The van der Waals surface area contributed by atoms with E-state index in [9.17, 15) is 9.59 Å². The highest BCUT2D eigenvalue weighted by Gasteiger charge is 2.19. The lowest BCUT2D eigenvalue weighted by atomic mass is 10.1. The van der Waals surface area contributed by atoms with E-state index in [1.807, 2.05) is 85.8 Å². The highest BCUT2D eigenvalue weighted by atomic mass is 16.5. The maximum atomic E-state index is 13.3. The zero-order valence-electron chi connectivity index (χ0n) is 23.2. The average molecular weight is 548 g/mol. The maximum Gasteiger partial charge on any atom is 0.272 e. The van der Waals surface area contributed by atoms with Crippen LogP contribution in [0.2, 0.25) is 0 Å². The molecule has 41 heavy (non-hydrogen) atoms. The van der Waals surface area contributed by atoms with Gasteiger partial charge in [0.1, 0.15) is 17.2 Å². The fourth-order valence-corrected chi connectivity index (χ4v) is 5.32. The molecular weight excluding hydrogens is 514 g/mol. The van der Waals surface area contributed by atoms with Crippen LogP contribution in [0, 0.1) is 6.92 Å². The first-order valence-corrected chi connectivity index (χ1v) is 13.8. The maximum absolute atomic E-state index is 13.3. The minimum absolute atomic E-state index is 0.186. The van der Waals surface area contributed by atoms with Crippen LogP contribution in [-0.4, -0.2) is 58.9 Å². The lowest BCUT2D eigenvalue weighted by Crippen LogP contribution is -2.43. The van der Waals surface area contributed by atoms with Gasteiger partial charge in [-0.15, -0.1) is 0 Å². The smallest absolute Gasteiger partial charge is 0.272 e. The van der Waals surface area contributed by atoms with Crippen LogP contribution in [0.15, 0.2) is 89.7 Å². The molecule has 0 bridgehead atoms. The summed E-state index contributed by atoms with van der Waals surface area (Å²) < 4.78 is 6.18. The third-order valence-corrected chi connectivity index (χ3v) is 7.58. The first-order valence-electron chi connectivity index (χ1n) is 13.8. The largest absolute Gasteiger partial charge is 0.457 e. The molecule has 0 radical (unpaired) electrons. The number of H-pyrrole nitrogens is 2. The van der Waals surface area contributed by atoms with Crippen LogP contribution in [0.1, 0.15) is 21.7 Å². The Bertz CT molecular complexity index is 1730. The summed E-state index contributed by atoms with van der Waals surface area (Å²) in [4.78, 5) is 37.3. The second kappa shape index (κ2) is 11.4. The summed E-state index contributed by atoms with van der Waals surface area (Å²) in [5, 5.41) is 4.10. The van der Waals surface area contributed by atoms with Crippen molar-refractivity contribution in [2.45, 2.75) is 13.5 Å². The van der Waals surface area contributed by atoms with Crippen molar-refractivity contribution in [1.82, 2.24) is 19.8 Å². The number of piperazine rings is 1. The van der Waals surface area contributed by atoms with Gasteiger partial charge in [0.15, 0.2) is 0 Å². The number of likely N-dealkylation sites (N-methyl/N-ethyl adjacent to an activating group) is 1. The topological polar surface area (TPSA) is 93.5 Å². The lowest BCUT2D eigenvalue weighted by Gasteiger charge is -2.32. The summed E-state index contributed by atoms with van der Waals surface area (Å²) in [5.74, 6) is 0.972. The van der Waals surface area contributed by atoms with Crippen molar-refractivity contribution in [1.29, 1.82) is 0 Å². The summed E-state index contributed by atoms with van der Waals surface area (Å²) in [6, 6.07) is 26.8. The van der Waals surface area contributed by atoms with Crippen molar-refractivity contribution >= 4 is 22.4 Å². The van der Waals surface area contributed by atoms with Gasteiger partial charge in [0.2, 0.25) is 0 Å². The zero-order valence-corrected chi connectivity index (χ0v) is 23.2. The van der Waals surface area contributed by atoms with Gasteiger partial charge in [-0.1, -0.05) is 42.5 Å². The molecule has 5 aromatic rings. The molecule has 6 rings (SSSR count). The molecule has 1 saturated heterocycles. The molecule has 8 heteroatoms. The Morgan fingerprint density at radius 2 is 1.61 bits per heavy atom. The van der Waals surface area contributed by atoms with E-state index in [0.717, 1.165) is 44.0 Å². The van der Waals surface area contributed by atoms with Crippen LogP contribution in [0.4, 0.5) is 5.69 Å². The number of aryl methyl sites for hydroxylation is 1. The molecule has 1 amide bonds. The second-order valence-corrected chi connectivity index (χ2v) is 10.6. The molecule has 1 fully saturated rings. The van der Waals surface area contributed by atoms with Gasteiger partial charge < -0.3 is 24.9 Å². The van der Waals surface area contributed by atoms with Crippen molar-refractivity contribution < 1.29 is 9.53 Å². The number of nitrogens with zero attached hydrogens (tertiary/aromatic N) is 2. The van der Waals surface area contributed by atoms with Gasteiger partial charge in [0, 0.05) is 55.1 Å². The number of carbonyl (C=O) groups is 1. The van der Waals surface area contributed by atoms with Gasteiger partial charge in [-0.3, -0.25) is 14.5 Å². The molecule has 3 aromatic carbocycles. The Kier molecular flexibility index (Phi) is 7.41. The minimum atomic E-state index is -0.380. The standard InChI is InChI=1S/C33H33N5O3/c1-22-30-27(31(34-22)26-10-6-7-11-29(26)41-25-8-4-3-5-9-25)20-28(36-33(30)40)32(39)35-24-14-12-23(13-15-24)21-38-18-16-37(2)17-19-38/h3-15,20,34H,16-19,21H2,1-2H3,(H,35,39)(H,36,40). The van der Waals surface area contributed by atoms with Crippen LogP contribution < -0.4 is 15.6 Å². The first-order chi connectivity index (χ1) is 19.9. The molecule has 0 aliphatic carbocycles. The van der Waals surface area contributed by atoms with Gasteiger partial charge in [-0.2, -0.15) is 0 Å². The third-order valence-electron chi connectivity index (χ3n) is 7.58. The summed E-state index contributed by atoms with van der Waals surface area (Å²) >= 11 is 0. The summed E-state index contributed by atoms with van der Waals surface area (Å²) in [7, 11) is 2.15. The molecule has 2 aromatic heterocycles. The number of rotatable bonds is 7. The van der Waals surface area contributed by atoms with E-state index in [2.05, 4.69) is 32.1 Å². The summed E-state index contributed by atoms with van der Waals surface area (Å²) in [6.07, 6.45) is 0. The Morgan fingerprint density at radius 1 is 0.902 bits per heavy atom. The number of carbonyl (C=O) groups excluding carboxylic acids is 1. The van der Waals surface area contributed by atoms with Crippen molar-refractivity contribution in [3.8, 4) is 22.8 Å². The fraction of sp³-hybridized carbons (Fsp3) is 0.212. The highest BCUT2D eigenvalue weighted by Crippen LogP contribution is 2.37. The third kappa shape index (κ3) is 5.79. The second-order valence-electron chi connectivity index (χ2n) is 10.6. The monoisotopic (exact) mass is 547 g/mol. The summed E-state index contributed by atoms with van der Waals surface area (Å²) in [5.41, 5.74) is 3.96. The number of hydrogen-bond donors (Lipinski definition) is 3. The highest BCUT2D eigenvalue weighted by molar-refractivity contribution is 6.07. The normalized spacial score (nSPS) is 14.3. The molecule has 1 aliphatic rings. The number of anilines is 1. The molecule has 3 heterocycles. The van der Waals surface area contributed by atoms with E-state index in [4.69, 9.17) is 4.74 Å². The Hall–Kier alpha value is -4.66. The molecule has 0 unspecified atom stereocenters. The van der Waals surface area contributed by atoms with Crippen molar-refractivity contribution in [2.75, 3.05) is 38.5 Å². The molecule has 0 spiro atoms.